The highest BCUT2D eigenvalue weighted by Gasteiger charge is 2.37. The minimum atomic E-state index is 0.292. The van der Waals surface area contributed by atoms with Gasteiger partial charge in [-0.1, -0.05) is 12.1 Å². The van der Waals surface area contributed by atoms with Crippen molar-refractivity contribution in [1.82, 2.24) is 0 Å². The van der Waals surface area contributed by atoms with E-state index >= 15 is 0 Å². The molecule has 1 nitrogen and oxygen atoms in total. The second kappa shape index (κ2) is 3.54. The van der Waals surface area contributed by atoms with E-state index < -0.39 is 0 Å². The highest BCUT2D eigenvalue weighted by molar-refractivity contribution is 7.98. The zero-order valence-electron chi connectivity index (χ0n) is 7.57. The third kappa shape index (κ3) is 1.78. The number of benzene rings is 1. The van der Waals surface area contributed by atoms with Crippen LogP contribution in [0.1, 0.15) is 17.9 Å². The summed E-state index contributed by atoms with van der Waals surface area (Å²) in [6.45, 7) is 0. The standard InChI is InChI=1S/C11H12OS/c1-13-10-4-2-8(3-5-10)11-6-9(11)7-12/h2-5,7,9,11H,6H2,1H3. The summed E-state index contributed by atoms with van der Waals surface area (Å²) in [5.41, 5.74) is 1.31. The number of carbonyl (C=O) groups is 1. The molecule has 0 aliphatic heterocycles. The van der Waals surface area contributed by atoms with Crippen LogP contribution in [0, 0.1) is 5.92 Å². The molecule has 1 aliphatic rings. The molecule has 0 aromatic heterocycles. The zero-order valence-corrected chi connectivity index (χ0v) is 8.38. The average Bonchev–Trinajstić information content (AvgIpc) is 2.97. The number of thioether (sulfide) groups is 1. The fourth-order valence-electron chi connectivity index (χ4n) is 1.60. The zero-order chi connectivity index (χ0) is 9.26. The number of rotatable bonds is 3. The lowest BCUT2D eigenvalue weighted by atomic mass is 10.1. The van der Waals surface area contributed by atoms with E-state index in [-0.39, 0.29) is 0 Å². The number of hydrogen-bond donors (Lipinski definition) is 0. The van der Waals surface area contributed by atoms with E-state index in [2.05, 4.69) is 30.5 Å². The van der Waals surface area contributed by atoms with Crippen LogP contribution >= 0.6 is 11.8 Å². The Balaban J connectivity index is 2.11. The van der Waals surface area contributed by atoms with Gasteiger partial charge in [-0.2, -0.15) is 0 Å². The summed E-state index contributed by atoms with van der Waals surface area (Å²) in [5.74, 6) is 0.800. The summed E-state index contributed by atoms with van der Waals surface area (Å²) >= 11 is 1.75. The van der Waals surface area contributed by atoms with Crippen molar-refractivity contribution < 1.29 is 4.79 Å². The van der Waals surface area contributed by atoms with Gasteiger partial charge >= 0.3 is 0 Å². The summed E-state index contributed by atoms with van der Waals surface area (Å²) < 4.78 is 0. The van der Waals surface area contributed by atoms with Crippen LogP contribution in [0.5, 0.6) is 0 Å². The minimum absolute atomic E-state index is 0.292. The van der Waals surface area contributed by atoms with Gasteiger partial charge in [-0.05, 0) is 36.3 Å². The summed E-state index contributed by atoms with van der Waals surface area (Å²) in [5, 5.41) is 0. The lowest BCUT2D eigenvalue weighted by Gasteiger charge is -1.99. The first-order chi connectivity index (χ1) is 6.35. The summed E-state index contributed by atoms with van der Waals surface area (Å²) in [4.78, 5) is 11.8. The minimum Gasteiger partial charge on any atom is -0.303 e. The van der Waals surface area contributed by atoms with E-state index in [4.69, 9.17) is 0 Å². The molecular formula is C11H12OS. The van der Waals surface area contributed by atoms with E-state index in [9.17, 15) is 4.79 Å². The van der Waals surface area contributed by atoms with Gasteiger partial charge in [0.25, 0.3) is 0 Å². The Morgan fingerprint density at radius 3 is 2.54 bits per heavy atom. The molecule has 2 atom stereocenters. The van der Waals surface area contributed by atoms with Crippen molar-refractivity contribution in [2.75, 3.05) is 6.26 Å². The maximum Gasteiger partial charge on any atom is 0.123 e. The molecule has 2 heteroatoms. The molecule has 0 saturated heterocycles. The first-order valence-corrected chi connectivity index (χ1v) is 5.67. The third-order valence-corrected chi connectivity index (χ3v) is 3.30. The molecule has 13 heavy (non-hydrogen) atoms. The third-order valence-electron chi connectivity index (χ3n) is 2.56. The van der Waals surface area contributed by atoms with E-state index in [0.29, 0.717) is 11.8 Å². The van der Waals surface area contributed by atoms with Crippen molar-refractivity contribution in [3.05, 3.63) is 29.8 Å². The molecule has 0 N–H and O–H groups in total. The van der Waals surface area contributed by atoms with Crippen LogP contribution in [0.2, 0.25) is 0 Å². The summed E-state index contributed by atoms with van der Waals surface area (Å²) in [6, 6.07) is 8.53. The Morgan fingerprint density at radius 2 is 2.08 bits per heavy atom. The maximum atomic E-state index is 10.5. The van der Waals surface area contributed by atoms with E-state index in [1.54, 1.807) is 11.8 Å². The lowest BCUT2D eigenvalue weighted by Crippen LogP contribution is -1.83. The molecule has 1 saturated carbocycles. The van der Waals surface area contributed by atoms with Crippen molar-refractivity contribution in [2.45, 2.75) is 17.2 Å². The smallest absolute Gasteiger partial charge is 0.123 e. The maximum absolute atomic E-state index is 10.5. The van der Waals surface area contributed by atoms with Crippen LogP contribution < -0.4 is 0 Å². The molecular weight excluding hydrogens is 180 g/mol. The Bertz CT molecular complexity index is 304. The fourth-order valence-corrected chi connectivity index (χ4v) is 2.01. The van der Waals surface area contributed by atoms with Gasteiger partial charge in [0.15, 0.2) is 0 Å². The molecule has 1 aliphatic carbocycles. The van der Waals surface area contributed by atoms with Crippen LogP contribution in [0.15, 0.2) is 29.2 Å². The van der Waals surface area contributed by atoms with E-state index in [0.717, 1.165) is 12.7 Å². The number of aldehydes is 1. The molecule has 0 amide bonds. The predicted molar refractivity (Wildman–Crippen MR) is 55.1 cm³/mol. The van der Waals surface area contributed by atoms with Gasteiger partial charge in [-0.15, -0.1) is 11.8 Å². The largest absolute Gasteiger partial charge is 0.303 e. The van der Waals surface area contributed by atoms with E-state index in [1.807, 2.05) is 0 Å². The van der Waals surface area contributed by atoms with Gasteiger partial charge in [0, 0.05) is 10.8 Å². The molecule has 1 fully saturated rings. The van der Waals surface area contributed by atoms with Crippen molar-refractivity contribution in [3.63, 3.8) is 0 Å². The Labute approximate surface area is 82.5 Å². The predicted octanol–water partition coefficient (Wildman–Crippen LogP) is 2.71. The van der Waals surface area contributed by atoms with Crippen molar-refractivity contribution in [2.24, 2.45) is 5.92 Å². The second-order valence-electron chi connectivity index (χ2n) is 3.42. The molecule has 0 bridgehead atoms. The highest BCUT2D eigenvalue weighted by atomic mass is 32.2. The Morgan fingerprint density at radius 1 is 1.38 bits per heavy atom. The normalized spacial score (nSPS) is 25.6. The second-order valence-corrected chi connectivity index (χ2v) is 4.29. The topological polar surface area (TPSA) is 17.1 Å². The number of carbonyl (C=O) groups excluding carboxylic acids is 1. The monoisotopic (exact) mass is 192 g/mol. The molecule has 68 valence electrons. The lowest BCUT2D eigenvalue weighted by molar-refractivity contribution is -0.108. The van der Waals surface area contributed by atoms with Crippen LogP contribution in [0.25, 0.3) is 0 Å². The summed E-state index contributed by atoms with van der Waals surface area (Å²) in [7, 11) is 0. The van der Waals surface area contributed by atoms with Crippen molar-refractivity contribution in [3.8, 4) is 0 Å². The van der Waals surface area contributed by atoms with Crippen molar-refractivity contribution in [1.29, 1.82) is 0 Å². The Kier molecular flexibility index (Phi) is 2.40. The SMILES string of the molecule is CSc1ccc(C2CC2C=O)cc1. The van der Waals surface area contributed by atoms with Gasteiger partial charge in [0.2, 0.25) is 0 Å². The highest BCUT2D eigenvalue weighted by Crippen LogP contribution is 2.45. The molecule has 1 aromatic carbocycles. The van der Waals surface area contributed by atoms with Gasteiger partial charge in [-0.25, -0.2) is 0 Å². The van der Waals surface area contributed by atoms with Crippen LogP contribution in [-0.2, 0) is 4.79 Å². The van der Waals surface area contributed by atoms with Crippen LogP contribution in [0.4, 0.5) is 0 Å². The number of hydrogen-bond acceptors (Lipinski definition) is 2. The molecule has 0 spiro atoms. The first-order valence-electron chi connectivity index (χ1n) is 4.44. The molecule has 0 radical (unpaired) electrons. The van der Waals surface area contributed by atoms with Crippen LogP contribution in [0.3, 0.4) is 0 Å². The van der Waals surface area contributed by atoms with E-state index in [1.165, 1.54) is 10.5 Å². The first kappa shape index (κ1) is 8.82. The molecule has 2 rings (SSSR count). The quantitative estimate of drug-likeness (QED) is 0.541. The van der Waals surface area contributed by atoms with Gasteiger partial charge in [0.1, 0.15) is 6.29 Å². The molecule has 0 heterocycles. The summed E-state index contributed by atoms with van der Waals surface area (Å²) in [6.07, 6.45) is 4.19. The van der Waals surface area contributed by atoms with Gasteiger partial charge < -0.3 is 4.79 Å². The molecule has 1 aromatic rings. The van der Waals surface area contributed by atoms with Crippen molar-refractivity contribution >= 4 is 18.0 Å². The fraction of sp³-hybridized carbons (Fsp3) is 0.364. The van der Waals surface area contributed by atoms with Gasteiger partial charge in [-0.3, -0.25) is 0 Å². The Hall–Kier alpha value is -0.760. The van der Waals surface area contributed by atoms with Crippen LogP contribution in [-0.4, -0.2) is 12.5 Å². The molecule has 2 unspecified atom stereocenters. The average molecular weight is 192 g/mol. The van der Waals surface area contributed by atoms with Gasteiger partial charge in [0.05, 0.1) is 0 Å².